The van der Waals surface area contributed by atoms with Crippen LogP contribution in [0.1, 0.15) is 17.3 Å². The van der Waals surface area contributed by atoms with E-state index in [9.17, 15) is 0 Å². The van der Waals surface area contributed by atoms with Crippen molar-refractivity contribution in [2.45, 2.75) is 6.04 Å². The van der Waals surface area contributed by atoms with E-state index in [4.69, 9.17) is 4.74 Å². The number of hydrogen-bond acceptors (Lipinski definition) is 4. The molecule has 1 aliphatic rings. The molecule has 4 nitrogen and oxygen atoms in total. The molecule has 4 heteroatoms. The predicted molar refractivity (Wildman–Crippen MR) is 89.1 cm³/mol. The Morgan fingerprint density at radius 1 is 0.783 bits per heavy atom. The van der Waals surface area contributed by atoms with E-state index in [1.165, 1.54) is 0 Å². The van der Waals surface area contributed by atoms with Crippen molar-refractivity contribution >= 4 is 5.90 Å². The molecule has 1 aromatic carbocycles. The van der Waals surface area contributed by atoms with Crippen molar-refractivity contribution in [1.29, 1.82) is 0 Å². The molecule has 3 aromatic rings. The highest BCUT2D eigenvalue weighted by Gasteiger charge is 2.22. The van der Waals surface area contributed by atoms with Crippen LogP contribution in [-0.4, -0.2) is 22.5 Å². The Morgan fingerprint density at radius 3 is 2.39 bits per heavy atom. The zero-order valence-corrected chi connectivity index (χ0v) is 12.5. The lowest BCUT2D eigenvalue weighted by Crippen LogP contribution is -2.04. The first-order valence-electron chi connectivity index (χ1n) is 7.54. The van der Waals surface area contributed by atoms with Crippen LogP contribution in [0.4, 0.5) is 0 Å². The number of ether oxygens (including phenoxy) is 1. The molecular formula is C19H15N3O. The van der Waals surface area contributed by atoms with Crippen LogP contribution >= 0.6 is 0 Å². The van der Waals surface area contributed by atoms with E-state index in [2.05, 4.69) is 27.1 Å². The van der Waals surface area contributed by atoms with Gasteiger partial charge in [-0.2, -0.15) is 0 Å². The Kier molecular flexibility index (Phi) is 3.56. The summed E-state index contributed by atoms with van der Waals surface area (Å²) in [5.74, 6) is 0.594. The Labute approximate surface area is 134 Å². The summed E-state index contributed by atoms with van der Waals surface area (Å²) in [4.78, 5) is 13.6. The van der Waals surface area contributed by atoms with Gasteiger partial charge in [-0.1, -0.05) is 42.5 Å². The van der Waals surface area contributed by atoms with Gasteiger partial charge in [0.2, 0.25) is 5.90 Å². The Morgan fingerprint density at radius 2 is 1.57 bits per heavy atom. The van der Waals surface area contributed by atoms with E-state index in [1.54, 1.807) is 6.20 Å². The van der Waals surface area contributed by atoms with Crippen LogP contribution in [0.5, 0.6) is 0 Å². The highest BCUT2D eigenvalue weighted by atomic mass is 16.5. The Balaban J connectivity index is 1.64. The molecule has 0 saturated carbocycles. The standard InChI is InChI=1S/C19H15N3O/c1-2-7-14(8-3-1)18-13-23-19(22-18)17-11-6-10-16(21-17)15-9-4-5-12-20-15/h1-12,18H,13H2. The molecule has 23 heavy (non-hydrogen) atoms. The van der Waals surface area contributed by atoms with Crippen LogP contribution in [0.25, 0.3) is 11.4 Å². The average molecular weight is 301 g/mol. The number of aromatic nitrogens is 2. The van der Waals surface area contributed by atoms with Crippen LogP contribution in [0, 0.1) is 0 Å². The summed E-state index contributed by atoms with van der Waals surface area (Å²) in [5, 5.41) is 0. The largest absolute Gasteiger partial charge is 0.474 e. The summed E-state index contributed by atoms with van der Waals surface area (Å²) in [5.41, 5.74) is 3.56. The van der Waals surface area contributed by atoms with Crippen molar-refractivity contribution in [3.63, 3.8) is 0 Å². The maximum Gasteiger partial charge on any atom is 0.236 e. The summed E-state index contributed by atoms with van der Waals surface area (Å²) in [6.45, 7) is 0.550. The number of pyridine rings is 2. The van der Waals surface area contributed by atoms with E-state index in [-0.39, 0.29) is 6.04 Å². The SMILES string of the molecule is c1ccc(C2COC(c3cccc(-c4ccccn4)n3)=N2)cc1. The fourth-order valence-electron chi connectivity index (χ4n) is 2.57. The minimum atomic E-state index is 0.0338. The first-order chi connectivity index (χ1) is 11.4. The van der Waals surface area contributed by atoms with Crippen molar-refractivity contribution in [2.24, 2.45) is 4.99 Å². The first kappa shape index (κ1) is 13.6. The molecule has 0 radical (unpaired) electrons. The third-order valence-corrected chi connectivity index (χ3v) is 3.73. The summed E-state index contributed by atoms with van der Waals surface area (Å²) in [7, 11) is 0. The lowest BCUT2D eigenvalue weighted by Gasteiger charge is -2.04. The van der Waals surface area contributed by atoms with Crippen LogP contribution in [0.15, 0.2) is 77.9 Å². The Bertz CT molecular complexity index is 832. The number of aliphatic imine (C=N–C) groups is 1. The lowest BCUT2D eigenvalue weighted by atomic mass is 10.1. The first-order valence-corrected chi connectivity index (χ1v) is 7.54. The van der Waals surface area contributed by atoms with Gasteiger partial charge in [0, 0.05) is 6.20 Å². The summed E-state index contributed by atoms with van der Waals surface area (Å²) < 4.78 is 5.76. The van der Waals surface area contributed by atoms with Gasteiger partial charge in [0.05, 0.1) is 11.4 Å². The van der Waals surface area contributed by atoms with Gasteiger partial charge < -0.3 is 4.74 Å². The molecule has 2 aromatic heterocycles. The van der Waals surface area contributed by atoms with Crippen molar-refractivity contribution in [3.05, 3.63) is 84.2 Å². The van der Waals surface area contributed by atoms with E-state index in [0.717, 1.165) is 22.6 Å². The van der Waals surface area contributed by atoms with E-state index in [1.807, 2.05) is 54.6 Å². The minimum absolute atomic E-state index is 0.0338. The summed E-state index contributed by atoms with van der Waals surface area (Å²) in [6, 6.07) is 21.8. The summed E-state index contributed by atoms with van der Waals surface area (Å²) >= 11 is 0. The highest BCUT2D eigenvalue weighted by molar-refractivity contribution is 5.93. The second-order valence-electron chi connectivity index (χ2n) is 5.29. The molecule has 1 unspecified atom stereocenters. The highest BCUT2D eigenvalue weighted by Crippen LogP contribution is 2.25. The maximum atomic E-state index is 5.76. The van der Waals surface area contributed by atoms with E-state index < -0.39 is 0 Å². The molecule has 0 spiro atoms. The van der Waals surface area contributed by atoms with Crippen molar-refractivity contribution in [3.8, 4) is 11.4 Å². The van der Waals surface area contributed by atoms with Crippen LogP contribution in [-0.2, 0) is 4.74 Å². The maximum absolute atomic E-state index is 5.76. The van der Waals surface area contributed by atoms with Gasteiger partial charge in [-0.05, 0) is 29.8 Å². The van der Waals surface area contributed by atoms with Gasteiger partial charge in [0.15, 0.2) is 0 Å². The molecule has 0 saturated heterocycles. The number of benzene rings is 1. The third kappa shape index (κ3) is 2.83. The summed E-state index contributed by atoms with van der Waals surface area (Å²) in [6.07, 6.45) is 1.76. The van der Waals surface area contributed by atoms with Crippen molar-refractivity contribution in [2.75, 3.05) is 6.61 Å². The third-order valence-electron chi connectivity index (χ3n) is 3.73. The molecule has 0 N–H and O–H groups in total. The van der Waals surface area contributed by atoms with Gasteiger partial charge >= 0.3 is 0 Å². The van der Waals surface area contributed by atoms with Gasteiger partial charge in [0.1, 0.15) is 18.3 Å². The molecule has 1 aliphatic heterocycles. The van der Waals surface area contributed by atoms with Crippen LogP contribution < -0.4 is 0 Å². The monoisotopic (exact) mass is 301 g/mol. The molecule has 0 fully saturated rings. The van der Waals surface area contributed by atoms with E-state index >= 15 is 0 Å². The molecule has 0 aliphatic carbocycles. The zero-order chi connectivity index (χ0) is 15.5. The number of hydrogen-bond donors (Lipinski definition) is 0. The number of nitrogens with zero attached hydrogens (tertiary/aromatic N) is 3. The minimum Gasteiger partial charge on any atom is -0.474 e. The van der Waals surface area contributed by atoms with Gasteiger partial charge in [-0.15, -0.1) is 0 Å². The fraction of sp³-hybridized carbons (Fsp3) is 0.105. The quantitative estimate of drug-likeness (QED) is 0.741. The normalized spacial score (nSPS) is 16.7. The van der Waals surface area contributed by atoms with Gasteiger partial charge in [-0.3, -0.25) is 4.98 Å². The molecule has 4 rings (SSSR count). The molecular weight excluding hydrogens is 286 g/mol. The van der Waals surface area contributed by atoms with Crippen LogP contribution in [0.2, 0.25) is 0 Å². The predicted octanol–water partition coefficient (Wildman–Crippen LogP) is 3.66. The molecule has 1 atom stereocenters. The van der Waals surface area contributed by atoms with Crippen LogP contribution in [0.3, 0.4) is 0 Å². The molecule has 0 amide bonds. The second-order valence-corrected chi connectivity index (χ2v) is 5.29. The van der Waals surface area contributed by atoms with Gasteiger partial charge in [-0.25, -0.2) is 9.98 Å². The second kappa shape index (κ2) is 6.01. The van der Waals surface area contributed by atoms with Crippen molar-refractivity contribution in [1.82, 2.24) is 9.97 Å². The smallest absolute Gasteiger partial charge is 0.236 e. The van der Waals surface area contributed by atoms with Gasteiger partial charge in [0.25, 0.3) is 0 Å². The fourth-order valence-corrected chi connectivity index (χ4v) is 2.57. The molecule has 112 valence electrons. The van der Waals surface area contributed by atoms with Crippen molar-refractivity contribution < 1.29 is 4.74 Å². The van der Waals surface area contributed by atoms with E-state index in [0.29, 0.717) is 12.5 Å². The topological polar surface area (TPSA) is 47.4 Å². The number of rotatable bonds is 3. The lowest BCUT2D eigenvalue weighted by molar-refractivity contribution is 0.319. The Hall–Kier alpha value is -3.01. The average Bonchev–Trinajstić information content (AvgIpc) is 3.14. The molecule has 0 bridgehead atoms. The molecule has 3 heterocycles. The zero-order valence-electron chi connectivity index (χ0n) is 12.5.